The van der Waals surface area contributed by atoms with Crippen molar-refractivity contribution in [2.24, 2.45) is 0 Å². The summed E-state index contributed by atoms with van der Waals surface area (Å²) < 4.78 is 15.0. The van der Waals surface area contributed by atoms with Crippen LogP contribution in [0.3, 0.4) is 0 Å². The molecule has 1 aliphatic heterocycles. The highest BCUT2D eigenvalue weighted by Gasteiger charge is 2.19. The van der Waals surface area contributed by atoms with E-state index >= 15 is 0 Å². The fourth-order valence-electron chi connectivity index (χ4n) is 3.73. The van der Waals surface area contributed by atoms with Crippen LogP contribution in [0.15, 0.2) is 53.3 Å². The van der Waals surface area contributed by atoms with Gasteiger partial charge in [-0.05, 0) is 31.0 Å². The molecule has 1 aliphatic rings. The van der Waals surface area contributed by atoms with Gasteiger partial charge in [-0.25, -0.2) is 9.07 Å². The summed E-state index contributed by atoms with van der Waals surface area (Å²) in [5.74, 6) is -0.299. The van der Waals surface area contributed by atoms with Crippen molar-refractivity contribution in [3.8, 4) is 0 Å². The Kier molecular flexibility index (Phi) is 5.55. The van der Waals surface area contributed by atoms with Crippen LogP contribution in [-0.2, 0) is 11.3 Å². The van der Waals surface area contributed by atoms with E-state index < -0.39 is 11.7 Å². The first-order valence-electron chi connectivity index (χ1n) is 9.92. The zero-order valence-corrected chi connectivity index (χ0v) is 16.1. The van der Waals surface area contributed by atoms with Crippen LogP contribution in [0.4, 0.5) is 15.9 Å². The largest absolute Gasteiger partial charge is 0.355 e. The van der Waals surface area contributed by atoms with Gasteiger partial charge in [-0.3, -0.25) is 9.59 Å². The summed E-state index contributed by atoms with van der Waals surface area (Å²) in [6, 6.07) is 13.3. The number of hydrogen-bond donors (Lipinski definition) is 1. The van der Waals surface area contributed by atoms with E-state index in [0.717, 1.165) is 37.1 Å². The van der Waals surface area contributed by atoms with E-state index in [2.05, 4.69) is 15.3 Å². The second-order valence-corrected chi connectivity index (χ2v) is 7.26. The average molecular weight is 394 g/mol. The molecule has 3 aromatic rings. The summed E-state index contributed by atoms with van der Waals surface area (Å²) in [7, 11) is 0. The number of nitrogens with one attached hydrogen (secondary N) is 1. The Labute approximate surface area is 167 Å². The van der Waals surface area contributed by atoms with Crippen molar-refractivity contribution in [3.63, 3.8) is 0 Å². The van der Waals surface area contributed by atoms with Gasteiger partial charge >= 0.3 is 0 Å². The highest BCUT2D eigenvalue weighted by Crippen LogP contribution is 2.24. The summed E-state index contributed by atoms with van der Waals surface area (Å²) in [4.78, 5) is 27.6. The number of carbonyl (C=O) groups is 1. The zero-order chi connectivity index (χ0) is 20.2. The third-order valence-electron chi connectivity index (χ3n) is 5.20. The van der Waals surface area contributed by atoms with Crippen molar-refractivity contribution >= 4 is 28.2 Å². The fraction of sp³-hybridized carbons (Fsp3) is 0.318. The van der Waals surface area contributed by atoms with Gasteiger partial charge in [0, 0.05) is 18.5 Å². The van der Waals surface area contributed by atoms with Gasteiger partial charge in [-0.15, -0.1) is 0 Å². The van der Waals surface area contributed by atoms with E-state index in [1.165, 1.54) is 29.7 Å². The number of carbonyl (C=O) groups excluding carboxylic acids is 1. The monoisotopic (exact) mass is 394 g/mol. The molecule has 4 rings (SSSR count). The Morgan fingerprint density at radius 3 is 2.34 bits per heavy atom. The Morgan fingerprint density at radius 2 is 1.62 bits per heavy atom. The quantitative estimate of drug-likeness (QED) is 0.735. The molecule has 0 unspecified atom stereocenters. The molecule has 0 saturated carbocycles. The van der Waals surface area contributed by atoms with Crippen LogP contribution < -0.4 is 15.8 Å². The van der Waals surface area contributed by atoms with Crippen molar-refractivity contribution in [2.45, 2.75) is 32.2 Å². The highest BCUT2D eigenvalue weighted by atomic mass is 19.1. The Hall–Kier alpha value is -3.22. The summed E-state index contributed by atoms with van der Waals surface area (Å²) in [5, 5.41) is 8.39. The lowest BCUT2D eigenvalue weighted by Crippen LogP contribution is -2.33. The molecule has 1 fully saturated rings. The zero-order valence-electron chi connectivity index (χ0n) is 16.1. The van der Waals surface area contributed by atoms with Crippen molar-refractivity contribution in [1.29, 1.82) is 0 Å². The summed E-state index contributed by atoms with van der Waals surface area (Å²) in [5.41, 5.74) is -0.248. The van der Waals surface area contributed by atoms with E-state index in [-0.39, 0.29) is 17.8 Å². The molecule has 1 N–H and O–H groups in total. The molecule has 0 aliphatic carbocycles. The van der Waals surface area contributed by atoms with Crippen molar-refractivity contribution in [1.82, 2.24) is 9.78 Å². The van der Waals surface area contributed by atoms with Gasteiger partial charge in [-0.2, -0.15) is 5.10 Å². The minimum atomic E-state index is -0.523. The van der Waals surface area contributed by atoms with Crippen molar-refractivity contribution in [2.75, 3.05) is 23.3 Å². The maximum atomic E-state index is 13.8. The molecule has 0 spiro atoms. The second-order valence-electron chi connectivity index (χ2n) is 7.26. The molecule has 0 bridgehead atoms. The van der Waals surface area contributed by atoms with Crippen LogP contribution in [0.2, 0.25) is 0 Å². The van der Waals surface area contributed by atoms with Crippen LogP contribution in [-0.4, -0.2) is 28.8 Å². The SMILES string of the molecule is O=C(Cn1nc(N2CCCCCC2)c2ccccc2c1=O)Nc1ccccc1F. The van der Waals surface area contributed by atoms with E-state index in [0.29, 0.717) is 5.39 Å². The number of nitrogens with zero attached hydrogens (tertiary/aromatic N) is 3. The third-order valence-corrected chi connectivity index (χ3v) is 5.20. The molecule has 150 valence electrons. The number of halogens is 1. The van der Waals surface area contributed by atoms with Gasteiger partial charge in [0.15, 0.2) is 5.82 Å². The van der Waals surface area contributed by atoms with E-state index in [1.54, 1.807) is 24.3 Å². The molecule has 0 radical (unpaired) electrons. The Balaban J connectivity index is 1.68. The fourth-order valence-corrected chi connectivity index (χ4v) is 3.73. The first-order valence-corrected chi connectivity index (χ1v) is 9.92. The molecule has 1 amide bonds. The molecule has 2 aromatic carbocycles. The summed E-state index contributed by atoms with van der Waals surface area (Å²) >= 11 is 0. The minimum Gasteiger partial charge on any atom is -0.355 e. The molecule has 1 saturated heterocycles. The smallest absolute Gasteiger partial charge is 0.275 e. The van der Waals surface area contributed by atoms with Crippen molar-refractivity contribution < 1.29 is 9.18 Å². The lowest BCUT2D eigenvalue weighted by molar-refractivity contribution is -0.117. The highest BCUT2D eigenvalue weighted by molar-refractivity contribution is 5.93. The van der Waals surface area contributed by atoms with Gasteiger partial charge in [-0.1, -0.05) is 43.2 Å². The first kappa shape index (κ1) is 19.1. The number of fused-ring (bicyclic) bond motifs is 1. The Morgan fingerprint density at radius 1 is 0.966 bits per heavy atom. The topological polar surface area (TPSA) is 67.2 Å². The van der Waals surface area contributed by atoms with Crippen LogP contribution >= 0.6 is 0 Å². The third kappa shape index (κ3) is 4.13. The molecular weight excluding hydrogens is 371 g/mol. The molecule has 0 atom stereocenters. The lowest BCUT2D eigenvalue weighted by Gasteiger charge is -2.23. The number of para-hydroxylation sites is 1. The molecule has 6 nitrogen and oxygen atoms in total. The second kappa shape index (κ2) is 8.43. The van der Waals surface area contributed by atoms with Gasteiger partial charge in [0.05, 0.1) is 11.1 Å². The predicted molar refractivity (Wildman–Crippen MR) is 112 cm³/mol. The molecular formula is C22H23FN4O2. The summed E-state index contributed by atoms with van der Waals surface area (Å²) in [6.07, 6.45) is 4.50. The van der Waals surface area contributed by atoms with Crippen LogP contribution in [0, 0.1) is 5.82 Å². The minimum absolute atomic E-state index is 0.0825. The van der Waals surface area contributed by atoms with Gasteiger partial charge in [0.25, 0.3) is 5.56 Å². The van der Waals surface area contributed by atoms with Crippen LogP contribution in [0.25, 0.3) is 10.8 Å². The number of amides is 1. The van der Waals surface area contributed by atoms with E-state index in [1.807, 2.05) is 12.1 Å². The van der Waals surface area contributed by atoms with E-state index in [4.69, 9.17) is 0 Å². The van der Waals surface area contributed by atoms with Crippen LogP contribution in [0.5, 0.6) is 0 Å². The van der Waals surface area contributed by atoms with Gasteiger partial charge in [0.2, 0.25) is 5.91 Å². The van der Waals surface area contributed by atoms with E-state index in [9.17, 15) is 14.0 Å². The number of hydrogen-bond acceptors (Lipinski definition) is 4. The van der Waals surface area contributed by atoms with Crippen molar-refractivity contribution in [3.05, 3.63) is 64.7 Å². The molecule has 1 aromatic heterocycles. The predicted octanol–water partition coefficient (Wildman–Crippen LogP) is 3.55. The average Bonchev–Trinajstić information content (AvgIpc) is 3.01. The number of benzene rings is 2. The number of rotatable bonds is 4. The normalized spacial score (nSPS) is 14.6. The number of anilines is 2. The van der Waals surface area contributed by atoms with Gasteiger partial charge < -0.3 is 10.2 Å². The number of aromatic nitrogens is 2. The Bertz CT molecular complexity index is 1090. The summed E-state index contributed by atoms with van der Waals surface area (Å²) in [6.45, 7) is 1.46. The van der Waals surface area contributed by atoms with Crippen LogP contribution in [0.1, 0.15) is 25.7 Å². The lowest BCUT2D eigenvalue weighted by atomic mass is 10.1. The molecule has 2 heterocycles. The standard InChI is InChI=1S/C22H23FN4O2/c23-18-11-5-6-12-19(18)24-20(28)15-27-22(29)17-10-4-3-9-16(17)21(25-27)26-13-7-1-2-8-14-26/h3-6,9-12H,1-2,7-8,13-15H2,(H,24,28). The molecule has 7 heteroatoms. The maximum Gasteiger partial charge on any atom is 0.275 e. The maximum absolute atomic E-state index is 13.8. The first-order chi connectivity index (χ1) is 14.1. The van der Waals surface area contributed by atoms with Gasteiger partial charge in [0.1, 0.15) is 12.4 Å². The molecule has 29 heavy (non-hydrogen) atoms.